The fraction of sp³-hybridized carbons (Fsp3) is 0.250. The largest absolute Gasteiger partial charge is 0.300 e. The maximum atomic E-state index is 12.6. The van der Waals surface area contributed by atoms with Gasteiger partial charge in [0.1, 0.15) is 6.04 Å². The van der Waals surface area contributed by atoms with E-state index in [1.165, 1.54) is 11.3 Å². The van der Waals surface area contributed by atoms with Crippen LogP contribution in [0.5, 0.6) is 0 Å². The molecule has 3 rings (SSSR count). The quantitative estimate of drug-likeness (QED) is 0.874. The van der Waals surface area contributed by atoms with Crippen LogP contribution in [0.15, 0.2) is 35.8 Å². The predicted octanol–water partition coefficient (Wildman–Crippen LogP) is 2.40. The number of benzene rings is 1. The first-order valence-corrected chi connectivity index (χ1v) is 8.06. The predicted molar refractivity (Wildman–Crippen MR) is 86.3 cm³/mol. The Morgan fingerprint density at radius 3 is 2.26 bits per heavy atom. The van der Waals surface area contributed by atoms with E-state index in [0.29, 0.717) is 16.3 Å². The lowest BCUT2D eigenvalue weighted by Crippen LogP contribution is -2.50. The summed E-state index contributed by atoms with van der Waals surface area (Å²) in [5.74, 6) is -1.50. The first-order valence-electron chi connectivity index (χ1n) is 7.18. The molecule has 0 radical (unpaired) electrons. The summed E-state index contributed by atoms with van der Waals surface area (Å²) in [6.07, 6.45) is 1.58. The van der Waals surface area contributed by atoms with Gasteiger partial charge in [0.15, 0.2) is 5.13 Å². The molecule has 0 unspecified atom stereocenters. The van der Waals surface area contributed by atoms with Crippen molar-refractivity contribution in [2.75, 3.05) is 5.32 Å². The minimum absolute atomic E-state index is 0.225. The highest BCUT2D eigenvalue weighted by molar-refractivity contribution is 7.13. The van der Waals surface area contributed by atoms with Gasteiger partial charge in [-0.15, -0.1) is 11.3 Å². The number of fused-ring (bicyclic) bond motifs is 1. The Hall–Kier alpha value is -2.54. The minimum atomic E-state index is -0.883. The first kappa shape index (κ1) is 15.4. The maximum absolute atomic E-state index is 12.6. The van der Waals surface area contributed by atoms with Crippen molar-refractivity contribution < 1.29 is 14.4 Å². The molecule has 2 aromatic rings. The minimum Gasteiger partial charge on any atom is -0.300 e. The van der Waals surface area contributed by atoms with Gasteiger partial charge in [-0.25, -0.2) is 4.98 Å². The summed E-state index contributed by atoms with van der Waals surface area (Å²) in [7, 11) is 0. The Kier molecular flexibility index (Phi) is 3.96. The number of amides is 3. The van der Waals surface area contributed by atoms with Gasteiger partial charge in [0.2, 0.25) is 5.91 Å². The number of rotatable bonds is 4. The molecular formula is C16H15N3O3S. The SMILES string of the molecule is CC(C)[C@H](C(=O)Nc1nccs1)N1C(=O)c2ccccc2C1=O. The molecule has 1 atom stereocenters. The lowest BCUT2D eigenvalue weighted by molar-refractivity contribution is -0.121. The molecule has 0 saturated heterocycles. The van der Waals surface area contributed by atoms with Crippen LogP contribution < -0.4 is 5.32 Å². The average Bonchev–Trinajstić information content (AvgIpc) is 3.10. The standard InChI is InChI=1S/C16H15N3O3S/c1-9(2)12(13(20)18-16-17-7-8-23-16)19-14(21)10-5-3-4-6-11(10)15(19)22/h3-9,12H,1-2H3,(H,17,18,20)/t12-/m1/s1. The number of anilines is 1. The molecule has 0 spiro atoms. The molecular weight excluding hydrogens is 314 g/mol. The van der Waals surface area contributed by atoms with E-state index in [1.807, 2.05) is 0 Å². The summed E-state index contributed by atoms with van der Waals surface area (Å²) < 4.78 is 0. The number of nitrogens with zero attached hydrogens (tertiary/aromatic N) is 2. The number of hydrogen-bond acceptors (Lipinski definition) is 5. The zero-order valence-corrected chi connectivity index (χ0v) is 13.5. The van der Waals surface area contributed by atoms with Crippen molar-refractivity contribution in [2.24, 2.45) is 5.92 Å². The fourth-order valence-corrected chi connectivity index (χ4v) is 3.18. The molecule has 118 valence electrons. The van der Waals surface area contributed by atoms with Crippen molar-refractivity contribution in [2.45, 2.75) is 19.9 Å². The third kappa shape index (κ3) is 2.63. The molecule has 1 aromatic carbocycles. The second kappa shape index (κ2) is 5.92. The summed E-state index contributed by atoms with van der Waals surface area (Å²) in [4.78, 5) is 42.8. The van der Waals surface area contributed by atoms with E-state index < -0.39 is 23.8 Å². The summed E-state index contributed by atoms with van der Waals surface area (Å²) in [5.41, 5.74) is 0.676. The molecule has 1 aliphatic heterocycles. The topological polar surface area (TPSA) is 79.4 Å². The average molecular weight is 329 g/mol. The van der Waals surface area contributed by atoms with Gasteiger partial charge in [-0.1, -0.05) is 26.0 Å². The van der Waals surface area contributed by atoms with E-state index in [4.69, 9.17) is 0 Å². The van der Waals surface area contributed by atoms with Crippen LogP contribution in [0.2, 0.25) is 0 Å². The summed E-state index contributed by atoms with van der Waals surface area (Å²) >= 11 is 1.28. The van der Waals surface area contributed by atoms with E-state index in [2.05, 4.69) is 10.3 Å². The summed E-state index contributed by atoms with van der Waals surface area (Å²) in [6.45, 7) is 3.60. The first-order chi connectivity index (χ1) is 11.0. The Morgan fingerprint density at radius 1 is 1.17 bits per heavy atom. The van der Waals surface area contributed by atoms with Gasteiger partial charge in [0, 0.05) is 11.6 Å². The van der Waals surface area contributed by atoms with E-state index >= 15 is 0 Å². The van der Waals surface area contributed by atoms with Crippen LogP contribution in [0.1, 0.15) is 34.6 Å². The molecule has 1 N–H and O–H groups in total. The van der Waals surface area contributed by atoms with Crippen molar-refractivity contribution in [1.82, 2.24) is 9.88 Å². The highest BCUT2D eigenvalue weighted by Crippen LogP contribution is 2.27. The maximum Gasteiger partial charge on any atom is 0.262 e. The van der Waals surface area contributed by atoms with Crippen molar-refractivity contribution in [3.63, 3.8) is 0 Å². The lowest BCUT2D eigenvalue weighted by Gasteiger charge is -2.27. The van der Waals surface area contributed by atoms with Crippen LogP contribution in [0.3, 0.4) is 0 Å². The molecule has 6 nitrogen and oxygen atoms in total. The molecule has 0 saturated carbocycles. The number of aromatic nitrogens is 1. The number of carbonyl (C=O) groups is 3. The van der Waals surface area contributed by atoms with Gasteiger partial charge < -0.3 is 5.32 Å². The van der Waals surface area contributed by atoms with Gasteiger partial charge in [-0.2, -0.15) is 0 Å². The van der Waals surface area contributed by atoms with Crippen LogP contribution in [0.25, 0.3) is 0 Å². The zero-order chi connectivity index (χ0) is 16.6. The Balaban J connectivity index is 1.92. The van der Waals surface area contributed by atoms with Crippen LogP contribution in [-0.2, 0) is 4.79 Å². The van der Waals surface area contributed by atoms with Gasteiger partial charge in [-0.05, 0) is 18.1 Å². The van der Waals surface area contributed by atoms with Gasteiger partial charge in [-0.3, -0.25) is 19.3 Å². The van der Waals surface area contributed by atoms with Crippen molar-refractivity contribution >= 4 is 34.2 Å². The molecule has 2 heterocycles. The molecule has 0 fully saturated rings. The van der Waals surface area contributed by atoms with E-state index in [1.54, 1.807) is 49.7 Å². The number of thiazole rings is 1. The monoisotopic (exact) mass is 329 g/mol. The number of nitrogens with one attached hydrogen (secondary N) is 1. The molecule has 7 heteroatoms. The van der Waals surface area contributed by atoms with E-state index in [0.717, 1.165) is 4.90 Å². The van der Waals surface area contributed by atoms with Crippen LogP contribution in [-0.4, -0.2) is 33.6 Å². The third-order valence-corrected chi connectivity index (χ3v) is 4.35. The smallest absolute Gasteiger partial charge is 0.262 e. The van der Waals surface area contributed by atoms with Crippen molar-refractivity contribution in [3.05, 3.63) is 47.0 Å². The molecule has 1 aliphatic rings. The van der Waals surface area contributed by atoms with Gasteiger partial charge in [0.25, 0.3) is 11.8 Å². The number of imide groups is 1. The molecule has 1 aromatic heterocycles. The zero-order valence-electron chi connectivity index (χ0n) is 12.6. The normalized spacial score (nSPS) is 15.0. The Morgan fingerprint density at radius 2 is 1.78 bits per heavy atom. The lowest BCUT2D eigenvalue weighted by atomic mass is 10.0. The fourth-order valence-electron chi connectivity index (χ4n) is 2.64. The van der Waals surface area contributed by atoms with Gasteiger partial charge >= 0.3 is 0 Å². The van der Waals surface area contributed by atoms with Crippen LogP contribution in [0.4, 0.5) is 5.13 Å². The Bertz CT molecular complexity index is 736. The number of carbonyl (C=O) groups excluding carboxylic acids is 3. The van der Waals surface area contributed by atoms with E-state index in [9.17, 15) is 14.4 Å². The summed E-state index contributed by atoms with van der Waals surface area (Å²) in [6, 6.07) is 5.73. The number of hydrogen-bond donors (Lipinski definition) is 1. The molecule has 0 bridgehead atoms. The highest BCUT2D eigenvalue weighted by atomic mass is 32.1. The molecule has 23 heavy (non-hydrogen) atoms. The highest BCUT2D eigenvalue weighted by Gasteiger charge is 2.43. The van der Waals surface area contributed by atoms with Crippen molar-refractivity contribution in [1.29, 1.82) is 0 Å². The second-order valence-corrected chi connectivity index (χ2v) is 6.44. The second-order valence-electron chi connectivity index (χ2n) is 5.54. The Labute approximate surface area is 137 Å². The molecule has 0 aliphatic carbocycles. The van der Waals surface area contributed by atoms with Crippen LogP contribution >= 0.6 is 11.3 Å². The van der Waals surface area contributed by atoms with E-state index in [-0.39, 0.29) is 5.92 Å². The van der Waals surface area contributed by atoms with Gasteiger partial charge in [0.05, 0.1) is 11.1 Å². The van der Waals surface area contributed by atoms with Crippen molar-refractivity contribution in [3.8, 4) is 0 Å². The summed E-state index contributed by atoms with van der Waals surface area (Å²) in [5, 5.41) is 4.85. The van der Waals surface area contributed by atoms with Crippen LogP contribution in [0, 0.1) is 5.92 Å². The third-order valence-electron chi connectivity index (χ3n) is 3.67. The molecule has 3 amide bonds.